The molecule has 18 heavy (non-hydrogen) atoms. The standard InChI is InChI=1S/C14H21N3O/c18-8-10-4-1-2-6-12(10)17-14-11-5-3-7-13(11)15-9-16-14/h9-10,12,18H,1-8H2,(H,15,16,17)/t10-,12-/m0/s1. The molecule has 1 aromatic rings. The normalized spacial score (nSPS) is 26.9. The summed E-state index contributed by atoms with van der Waals surface area (Å²) in [6.45, 7) is 0.283. The van der Waals surface area contributed by atoms with Crippen LogP contribution in [0.1, 0.15) is 43.4 Å². The third-order valence-corrected chi connectivity index (χ3v) is 4.34. The zero-order valence-electron chi connectivity index (χ0n) is 10.7. The van der Waals surface area contributed by atoms with Gasteiger partial charge in [-0.15, -0.1) is 0 Å². The van der Waals surface area contributed by atoms with E-state index in [1.807, 2.05) is 0 Å². The molecule has 98 valence electrons. The highest BCUT2D eigenvalue weighted by molar-refractivity contribution is 5.48. The third-order valence-electron chi connectivity index (χ3n) is 4.34. The number of rotatable bonds is 3. The van der Waals surface area contributed by atoms with Gasteiger partial charge >= 0.3 is 0 Å². The average molecular weight is 247 g/mol. The van der Waals surface area contributed by atoms with Crippen LogP contribution in [0.2, 0.25) is 0 Å². The van der Waals surface area contributed by atoms with E-state index in [1.165, 1.54) is 30.5 Å². The number of hydrogen-bond donors (Lipinski definition) is 2. The number of nitrogens with zero attached hydrogens (tertiary/aromatic N) is 2. The van der Waals surface area contributed by atoms with E-state index in [0.29, 0.717) is 12.0 Å². The maximum Gasteiger partial charge on any atom is 0.133 e. The van der Waals surface area contributed by atoms with Crippen LogP contribution in [0.4, 0.5) is 5.82 Å². The number of aryl methyl sites for hydroxylation is 1. The van der Waals surface area contributed by atoms with Gasteiger partial charge in [0.15, 0.2) is 0 Å². The van der Waals surface area contributed by atoms with Crippen LogP contribution in [0, 0.1) is 5.92 Å². The lowest BCUT2D eigenvalue weighted by atomic mass is 9.85. The summed E-state index contributed by atoms with van der Waals surface area (Å²) < 4.78 is 0. The van der Waals surface area contributed by atoms with Gasteiger partial charge in [0.25, 0.3) is 0 Å². The van der Waals surface area contributed by atoms with Gasteiger partial charge in [-0.3, -0.25) is 0 Å². The molecule has 4 nitrogen and oxygen atoms in total. The fourth-order valence-electron chi connectivity index (χ4n) is 3.28. The van der Waals surface area contributed by atoms with Crippen LogP contribution >= 0.6 is 0 Å². The minimum absolute atomic E-state index is 0.283. The van der Waals surface area contributed by atoms with Gasteiger partial charge in [0.2, 0.25) is 0 Å². The summed E-state index contributed by atoms with van der Waals surface area (Å²) in [6.07, 6.45) is 9.80. The molecule has 2 atom stereocenters. The Morgan fingerprint density at radius 3 is 2.94 bits per heavy atom. The molecule has 0 amide bonds. The summed E-state index contributed by atoms with van der Waals surface area (Å²) in [5.41, 5.74) is 2.52. The number of nitrogens with one attached hydrogen (secondary N) is 1. The summed E-state index contributed by atoms with van der Waals surface area (Å²) in [5.74, 6) is 1.40. The largest absolute Gasteiger partial charge is 0.396 e. The topological polar surface area (TPSA) is 58.0 Å². The quantitative estimate of drug-likeness (QED) is 0.857. The molecule has 0 aromatic carbocycles. The van der Waals surface area contributed by atoms with Crippen molar-refractivity contribution in [2.75, 3.05) is 11.9 Å². The SMILES string of the molecule is OC[C@@H]1CCCC[C@@H]1Nc1ncnc2c1CCC2. The number of hydrogen-bond acceptors (Lipinski definition) is 4. The molecular weight excluding hydrogens is 226 g/mol. The van der Waals surface area contributed by atoms with Crippen LogP contribution in [-0.2, 0) is 12.8 Å². The number of aliphatic hydroxyl groups excluding tert-OH is 1. The molecule has 1 aromatic heterocycles. The highest BCUT2D eigenvalue weighted by Gasteiger charge is 2.26. The Hall–Kier alpha value is -1.16. The van der Waals surface area contributed by atoms with Gasteiger partial charge in [-0.25, -0.2) is 9.97 Å². The summed E-state index contributed by atoms with van der Waals surface area (Å²) in [6, 6.07) is 0.378. The van der Waals surface area contributed by atoms with Crippen molar-refractivity contribution in [2.24, 2.45) is 5.92 Å². The monoisotopic (exact) mass is 247 g/mol. The highest BCUT2D eigenvalue weighted by atomic mass is 16.3. The molecule has 0 bridgehead atoms. The molecule has 4 heteroatoms. The van der Waals surface area contributed by atoms with Crippen LogP contribution in [0.15, 0.2) is 6.33 Å². The maximum atomic E-state index is 9.46. The third kappa shape index (κ3) is 2.21. The van der Waals surface area contributed by atoms with Crippen molar-refractivity contribution < 1.29 is 5.11 Å². The zero-order valence-corrected chi connectivity index (χ0v) is 10.7. The first-order valence-electron chi connectivity index (χ1n) is 7.08. The summed E-state index contributed by atoms with van der Waals surface area (Å²) in [4.78, 5) is 8.76. The molecule has 2 N–H and O–H groups in total. The lowest BCUT2D eigenvalue weighted by Gasteiger charge is -2.31. The molecule has 0 unspecified atom stereocenters. The molecule has 1 saturated carbocycles. The lowest BCUT2D eigenvalue weighted by Crippen LogP contribution is -2.35. The smallest absolute Gasteiger partial charge is 0.133 e. The van der Waals surface area contributed by atoms with Crippen molar-refractivity contribution in [3.05, 3.63) is 17.6 Å². The maximum absolute atomic E-state index is 9.46. The Balaban J connectivity index is 1.77. The Morgan fingerprint density at radius 1 is 1.17 bits per heavy atom. The Kier molecular flexibility index (Phi) is 3.46. The van der Waals surface area contributed by atoms with E-state index in [0.717, 1.165) is 31.5 Å². The predicted octanol–water partition coefficient (Wildman–Crippen LogP) is 1.93. The molecule has 0 saturated heterocycles. The molecule has 2 aliphatic rings. The molecular formula is C14H21N3O. The van der Waals surface area contributed by atoms with E-state index >= 15 is 0 Å². The molecule has 3 rings (SSSR count). The zero-order chi connectivity index (χ0) is 12.4. The fraction of sp³-hybridized carbons (Fsp3) is 0.714. The molecule has 0 spiro atoms. The van der Waals surface area contributed by atoms with E-state index in [9.17, 15) is 5.11 Å². The minimum atomic E-state index is 0.283. The fourth-order valence-corrected chi connectivity index (χ4v) is 3.28. The summed E-state index contributed by atoms with van der Waals surface area (Å²) >= 11 is 0. The van der Waals surface area contributed by atoms with Gasteiger partial charge in [0.1, 0.15) is 12.1 Å². The van der Waals surface area contributed by atoms with Crippen LogP contribution in [0.5, 0.6) is 0 Å². The molecule has 0 aliphatic heterocycles. The molecule has 2 aliphatic carbocycles. The first-order valence-corrected chi connectivity index (χ1v) is 7.08. The van der Waals surface area contributed by atoms with Crippen molar-refractivity contribution >= 4 is 5.82 Å². The van der Waals surface area contributed by atoms with Crippen LogP contribution in [-0.4, -0.2) is 27.7 Å². The highest BCUT2D eigenvalue weighted by Crippen LogP contribution is 2.30. The van der Waals surface area contributed by atoms with Crippen molar-refractivity contribution in [1.29, 1.82) is 0 Å². The Labute approximate surface area is 108 Å². The minimum Gasteiger partial charge on any atom is -0.396 e. The van der Waals surface area contributed by atoms with E-state index in [-0.39, 0.29) is 6.61 Å². The lowest BCUT2D eigenvalue weighted by molar-refractivity contribution is 0.178. The van der Waals surface area contributed by atoms with E-state index in [4.69, 9.17) is 0 Å². The van der Waals surface area contributed by atoms with Crippen LogP contribution < -0.4 is 5.32 Å². The van der Waals surface area contributed by atoms with Crippen molar-refractivity contribution in [2.45, 2.75) is 51.0 Å². The van der Waals surface area contributed by atoms with Gasteiger partial charge < -0.3 is 10.4 Å². The van der Waals surface area contributed by atoms with Crippen LogP contribution in [0.25, 0.3) is 0 Å². The first-order chi connectivity index (χ1) is 8.88. The van der Waals surface area contributed by atoms with Gasteiger partial charge in [-0.1, -0.05) is 12.8 Å². The first kappa shape index (κ1) is 11.9. The molecule has 0 radical (unpaired) electrons. The van der Waals surface area contributed by atoms with E-state index in [1.54, 1.807) is 6.33 Å². The number of fused-ring (bicyclic) bond motifs is 1. The summed E-state index contributed by atoms with van der Waals surface area (Å²) in [7, 11) is 0. The number of aliphatic hydroxyl groups is 1. The van der Waals surface area contributed by atoms with Gasteiger partial charge in [-0.05, 0) is 32.1 Å². The summed E-state index contributed by atoms with van der Waals surface area (Å²) in [5, 5.41) is 13.0. The Morgan fingerprint density at radius 2 is 2.06 bits per heavy atom. The van der Waals surface area contributed by atoms with Crippen molar-refractivity contribution in [1.82, 2.24) is 9.97 Å². The van der Waals surface area contributed by atoms with E-state index in [2.05, 4.69) is 15.3 Å². The Bertz CT molecular complexity index is 422. The van der Waals surface area contributed by atoms with E-state index < -0.39 is 0 Å². The predicted molar refractivity (Wildman–Crippen MR) is 70.5 cm³/mol. The number of aromatic nitrogens is 2. The average Bonchev–Trinajstić information content (AvgIpc) is 2.89. The van der Waals surface area contributed by atoms with Crippen molar-refractivity contribution in [3.8, 4) is 0 Å². The second-order valence-corrected chi connectivity index (χ2v) is 5.48. The van der Waals surface area contributed by atoms with Gasteiger partial charge in [0.05, 0.1) is 0 Å². The van der Waals surface area contributed by atoms with Gasteiger partial charge in [0, 0.05) is 29.8 Å². The number of anilines is 1. The molecule has 1 fully saturated rings. The van der Waals surface area contributed by atoms with Crippen LogP contribution in [0.3, 0.4) is 0 Å². The molecule has 1 heterocycles. The van der Waals surface area contributed by atoms with Crippen molar-refractivity contribution in [3.63, 3.8) is 0 Å². The van der Waals surface area contributed by atoms with Gasteiger partial charge in [-0.2, -0.15) is 0 Å². The second-order valence-electron chi connectivity index (χ2n) is 5.48. The second kappa shape index (κ2) is 5.22.